The molecule has 1 aromatic heterocycles. The van der Waals surface area contributed by atoms with Gasteiger partial charge >= 0.3 is 0 Å². The fraction of sp³-hybridized carbons (Fsp3) is 0.833. The van der Waals surface area contributed by atoms with Crippen LogP contribution in [0.4, 0.5) is 0 Å². The topological polar surface area (TPSA) is 51.0 Å². The molecule has 1 N–H and O–H groups in total. The first-order valence-electron chi connectivity index (χ1n) is 6.39. The van der Waals surface area contributed by atoms with Gasteiger partial charge in [0.1, 0.15) is 0 Å². The highest BCUT2D eigenvalue weighted by Crippen LogP contribution is 2.41. The Bertz CT molecular complexity index is 353. The van der Waals surface area contributed by atoms with E-state index in [1.807, 2.05) is 0 Å². The first-order chi connectivity index (χ1) is 7.84. The van der Waals surface area contributed by atoms with Gasteiger partial charge in [0.25, 0.3) is 0 Å². The molecule has 2 heterocycles. The number of rotatable bonds is 3. The normalized spacial score (nSPS) is 27.9. The molecule has 0 bridgehead atoms. The lowest BCUT2D eigenvalue weighted by Gasteiger charge is -2.19. The summed E-state index contributed by atoms with van der Waals surface area (Å²) in [6.07, 6.45) is 5.05. The van der Waals surface area contributed by atoms with Gasteiger partial charge in [-0.15, -0.1) is 0 Å². The third kappa shape index (κ3) is 1.98. The van der Waals surface area contributed by atoms with E-state index in [1.54, 1.807) is 0 Å². The molecule has 2 fully saturated rings. The van der Waals surface area contributed by atoms with Gasteiger partial charge in [-0.3, -0.25) is 0 Å². The average Bonchev–Trinajstić information content (AvgIpc) is 3.07. The Morgan fingerprint density at radius 2 is 2.25 bits per heavy atom. The summed E-state index contributed by atoms with van der Waals surface area (Å²) in [6, 6.07) is 0. The Kier molecular flexibility index (Phi) is 2.67. The predicted molar refractivity (Wildman–Crippen MR) is 60.3 cm³/mol. The zero-order valence-corrected chi connectivity index (χ0v) is 9.78. The Labute approximate surface area is 95.8 Å². The molecule has 2 atom stereocenters. The maximum absolute atomic E-state index is 5.39. The minimum Gasteiger partial charge on any atom is -0.339 e. The smallest absolute Gasteiger partial charge is 0.229 e. The SMILES string of the molecule is CC(c1nc(C2CCCNC2)no1)C1CC1. The lowest BCUT2D eigenvalue weighted by Crippen LogP contribution is -2.28. The number of hydrogen-bond acceptors (Lipinski definition) is 4. The number of nitrogens with one attached hydrogen (secondary N) is 1. The van der Waals surface area contributed by atoms with Crippen LogP contribution in [0, 0.1) is 5.92 Å². The van der Waals surface area contributed by atoms with Gasteiger partial charge in [-0.25, -0.2) is 0 Å². The van der Waals surface area contributed by atoms with Crippen molar-refractivity contribution in [1.29, 1.82) is 0 Å². The molecule has 4 heteroatoms. The Hall–Kier alpha value is -0.900. The Morgan fingerprint density at radius 1 is 1.38 bits per heavy atom. The highest BCUT2D eigenvalue weighted by Gasteiger charge is 2.33. The van der Waals surface area contributed by atoms with E-state index in [1.165, 1.54) is 25.7 Å². The van der Waals surface area contributed by atoms with E-state index in [9.17, 15) is 0 Å². The minimum absolute atomic E-state index is 0.456. The Balaban J connectivity index is 1.70. The third-order valence-corrected chi connectivity index (χ3v) is 3.84. The maximum atomic E-state index is 5.39. The van der Waals surface area contributed by atoms with Crippen molar-refractivity contribution < 1.29 is 4.52 Å². The molecular weight excluding hydrogens is 202 g/mol. The molecular formula is C12H19N3O. The van der Waals surface area contributed by atoms with Gasteiger partial charge in [-0.2, -0.15) is 4.98 Å². The van der Waals surface area contributed by atoms with Crippen molar-refractivity contribution >= 4 is 0 Å². The van der Waals surface area contributed by atoms with E-state index in [2.05, 4.69) is 22.4 Å². The standard InChI is InChI=1S/C12H19N3O/c1-8(9-4-5-9)12-14-11(15-16-12)10-3-2-6-13-7-10/h8-10,13H,2-7H2,1H3. The van der Waals surface area contributed by atoms with Crippen molar-refractivity contribution in [2.45, 2.75) is 44.4 Å². The van der Waals surface area contributed by atoms with Crippen LogP contribution in [0.1, 0.15) is 56.2 Å². The highest BCUT2D eigenvalue weighted by molar-refractivity contribution is 5.03. The van der Waals surface area contributed by atoms with Crippen molar-refractivity contribution in [3.63, 3.8) is 0 Å². The van der Waals surface area contributed by atoms with Gasteiger partial charge in [0.15, 0.2) is 5.82 Å². The van der Waals surface area contributed by atoms with Crippen molar-refractivity contribution in [3.05, 3.63) is 11.7 Å². The van der Waals surface area contributed by atoms with Crippen molar-refractivity contribution in [2.24, 2.45) is 5.92 Å². The lowest BCUT2D eigenvalue weighted by molar-refractivity contribution is 0.338. The average molecular weight is 221 g/mol. The minimum atomic E-state index is 0.456. The van der Waals surface area contributed by atoms with Crippen LogP contribution in [-0.4, -0.2) is 23.2 Å². The molecule has 1 aromatic rings. The van der Waals surface area contributed by atoms with E-state index >= 15 is 0 Å². The quantitative estimate of drug-likeness (QED) is 0.848. The summed E-state index contributed by atoms with van der Waals surface area (Å²) in [5.41, 5.74) is 0. The summed E-state index contributed by atoms with van der Waals surface area (Å²) in [7, 11) is 0. The largest absolute Gasteiger partial charge is 0.339 e. The molecule has 1 saturated carbocycles. The molecule has 2 unspecified atom stereocenters. The van der Waals surface area contributed by atoms with Gasteiger partial charge in [0.2, 0.25) is 5.89 Å². The fourth-order valence-electron chi connectivity index (χ4n) is 2.47. The van der Waals surface area contributed by atoms with Crippen LogP contribution < -0.4 is 5.32 Å². The molecule has 0 spiro atoms. The second-order valence-electron chi connectivity index (χ2n) is 5.16. The van der Waals surface area contributed by atoms with E-state index in [-0.39, 0.29) is 0 Å². The van der Waals surface area contributed by atoms with E-state index in [0.717, 1.165) is 30.7 Å². The lowest BCUT2D eigenvalue weighted by atomic mass is 9.99. The van der Waals surface area contributed by atoms with Gasteiger partial charge in [0.05, 0.1) is 0 Å². The number of piperidine rings is 1. The van der Waals surface area contributed by atoms with Crippen LogP contribution >= 0.6 is 0 Å². The monoisotopic (exact) mass is 221 g/mol. The molecule has 16 heavy (non-hydrogen) atoms. The molecule has 3 rings (SSSR count). The van der Waals surface area contributed by atoms with E-state index in [0.29, 0.717) is 11.8 Å². The van der Waals surface area contributed by atoms with Gasteiger partial charge < -0.3 is 9.84 Å². The van der Waals surface area contributed by atoms with Crippen LogP contribution in [0.25, 0.3) is 0 Å². The molecule has 0 amide bonds. The van der Waals surface area contributed by atoms with Crippen molar-refractivity contribution in [1.82, 2.24) is 15.5 Å². The first-order valence-corrected chi connectivity index (χ1v) is 6.39. The van der Waals surface area contributed by atoms with Crippen molar-refractivity contribution in [2.75, 3.05) is 13.1 Å². The van der Waals surface area contributed by atoms with Gasteiger partial charge in [-0.1, -0.05) is 12.1 Å². The van der Waals surface area contributed by atoms with Crippen LogP contribution in [-0.2, 0) is 0 Å². The molecule has 0 radical (unpaired) electrons. The second kappa shape index (κ2) is 4.17. The second-order valence-corrected chi connectivity index (χ2v) is 5.16. The molecule has 1 aliphatic heterocycles. The van der Waals surface area contributed by atoms with Crippen LogP contribution in [0.2, 0.25) is 0 Å². The molecule has 1 saturated heterocycles. The van der Waals surface area contributed by atoms with Gasteiger partial charge in [0, 0.05) is 18.4 Å². The van der Waals surface area contributed by atoms with Crippen LogP contribution in [0.5, 0.6) is 0 Å². The first kappa shape index (κ1) is 10.3. The summed E-state index contributed by atoms with van der Waals surface area (Å²) < 4.78 is 5.39. The zero-order chi connectivity index (χ0) is 11.0. The molecule has 0 aromatic carbocycles. The number of nitrogens with zero attached hydrogens (tertiary/aromatic N) is 2. The van der Waals surface area contributed by atoms with Crippen LogP contribution in [0.3, 0.4) is 0 Å². The number of aromatic nitrogens is 2. The Morgan fingerprint density at radius 3 is 2.94 bits per heavy atom. The van der Waals surface area contributed by atoms with E-state index in [4.69, 9.17) is 4.52 Å². The summed E-state index contributed by atoms with van der Waals surface area (Å²) >= 11 is 0. The molecule has 88 valence electrons. The maximum Gasteiger partial charge on any atom is 0.229 e. The summed E-state index contributed by atoms with van der Waals surface area (Å²) in [4.78, 5) is 4.58. The molecule has 1 aliphatic carbocycles. The highest BCUT2D eigenvalue weighted by atomic mass is 16.5. The third-order valence-electron chi connectivity index (χ3n) is 3.84. The van der Waals surface area contributed by atoms with Crippen molar-refractivity contribution in [3.8, 4) is 0 Å². The molecule has 4 nitrogen and oxygen atoms in total. The van der Waals surface area contributed by atoms with E-state index < -0.39 is 0 Å². The van der Waals surface area contributed by atoms with Gasteiger partial charge in [-0.05, 0) is 38.1 Å². The predicted octanol–water partition coefficient (Wildman–Crippen LogP) is 2.05. The zero-order valence-electron chi connectivity index (χ0n) is 9.78. The number of hydrogen-bond donors (Lipinski definition) is 1. The summed E-state index contributed by atoms with van der Waals surface area (Å²) in [5, 5.41) is 7.53. The molecule has 2 aliphatic rings. The summed E-state index contributed by atoms with van der Waals surface area (Å²) in [5.74, 6) is 3.46. The summed E-state index contributed by atoms with van der Waals surface area (Å²) in [6.45, 7) is 4.32. The fourth-order valence-corrected chi connectivity index (χ4v) is 2.47. The van der Waals surface area contributed by atoms with Crippen LogP contribution in [0.15, 0.2) is 4.52 Å².